The second kappa shape index (κ2) is 4.42. The van der Waals surface area contributed by atoms with Gasteiger partial charge >= 0.3 is 5.97 Å². The van der Waals surface area contributed by atoms with Gasteiger partial charge < -0.3 is 9.72 Å². The van der Waals surface area contributed by atoms with E-state index in [2.05, 4.69) is 9.72 Å². The molecule has 1 aromatic rings. The van der Waals surface area contributed by atoms with Crippen LogP contribution in [0.15, 0.2) is 10.9 Å². The van der Waals surface area contributed by atoms with E-state index in [1.165, 1.54) is 13.2 Å². The number of ether oxygens (including phenoxy) is 1. The second-order valence-electron chi connectivity index (χ2n) is 4.65. The van der Waals surface area contributed by atoms with Crippen LogP contribution in [0.25, 0.3) is 0 Å². The standard InChI is InChI=1S/C12H14N2O3/c1-12(2,3)9-5-7(11(16)17-4)8(6-13)10(15)14-9/h5H,1-4H3,(H,14,15). The van der Waals surface area contributed by atoms with Crippen LogP contribution in [0, 0.1) is 11.3 Å². The topological polar surface area (TPSA) is 83.0 Å². The summed E-state index contributed by atoms with van der Waals surface area (Å²) >= 11 is 0. The first-order valence-corrected chi connectivity index (χ1v) is 5.07. The van der Waals surface area contributed by atoms with E-state index in [1.54, 1.807) is 6.07 Å². The zero-order chi connectivity index (χ0) is 13.2. The minimum absolute atomic E-state index is 0.00340. The van der Waals surface area contributed by atoms with E-state index < -0.39 is 11.5 Å². The summed E-state index contributed by atoms with van der Waals surface area (Å²) in [4.78, 5) is 25.8. The lowest BCUT2D eigenvalue weighted by atomic mass is 9.90. The molecule has 5 nitrogen and oxygen atoms in total. The molecule has 0 unspecified atom stereocenters. The monoisotopic (exact) mass is 234 g/mol. The maximum absolute atomic E-state index is 11.7. The van der Waals surface area contributed by atoms with Crippen LogP contribution < -0.4 is 5.56 Å². The molecule has 17 heavy (non-hydrogen) atoms. The lowest BCUT2D eigenvalue weighted by Gasteiger charge is -2.19. The van der Waals surface area contributed by atoms with E-state index in [4.69, 9.17) is 5.26 Å². The van der Waals surface area contributed by atoms with Gasteiger partial charge in [-0.25, -0.2) is 4.79 Å². The number of nitrogens with zero attached hydrogens (tertiary/aromatic N) is 1. The molecule has 0 bridgehead atoms. The quantitative estimate of drug-likeness (QED) is 0.743. The molecular weight excluding hydrogens is 220 g/mol. The van der Waals surface area contributed by atoms with Crippen molar-refractivity contribution in [3.63, 3.8) is 0 Å². The maximum Gasteiger partial charge on any atom is 0.339 e. The van der Waals surface area contributed by atoms with Crippen LogP contribution in [-0.2, 0) is 10.2 Å². The van der Waals surface area contributed by atoms with E-state index >= 15 is 0 Å². The third-order valence-electron chi connectivity index (χ3n) is 2.36. The molecule has 0 atom stereocenters. The number of aromatic nitrogens is 1. The molecular formula is C12H14N2O3. The molecule has 0 amide bonds. The Morgan fingerprint density at radius 1 is 1.47 bits per heavy atom. The van der Waals surface area contributed by atoms with Crippen molar-refractivity contribution in [2.45, 2.75) is 26.2 Å². The van der Waals surface area contributed by atoms with Gasteiger partial charge in [0.15, 0.2) is 0 Å². The predicted octanol–water partition coefficient (Wildman–Crippen LogP) is 1.33. The van der Waals surface area contributed by atoms with Crippen molar-refractivity contribution in [2.75, 3.05) is 7.11 Å². The van der Waals surface area contributed by atoms with Gasteiger partial charge in [0.25, 0.3) is 5.56 Å². The Bertz CT molecular complexity index is 544. The number of hydrogen-bond donors (Lipinski definition) is 1. The van der Waals surface area contributed by atoms with Crippen molar-refractivity contribution in [2.24, 2.45) is 0 Å². The number of nitrogens with one attached hydrogen (secondary N) is 1. The van der Waals surface area contributed by atoms with E-state index in [1.807, 2.05) is 20.8 Å². The Balaban J connectivity index is 3.58. The average molecular weight is 234 g/mol. The third-order valence-corrected chi connectivity index (χ3v) is 2.36. The minimum Gasteiger partial charge on any atom is -0.465 e. The number of carbonyl (C=O) groups excluding carboxylic acids is 1. The van der Waals surface area contributed by atoms with Crippen LogP contribution in [0.4, 0.5) is 0 Å². The van der Waals surface area contributed by atoms with Crippen LogP contribution in [0.5, 0.6) is 0 Å². The number of nitriles is 1. The molecule has 1 heterocycles. The Labute approximate surface area is 99.0 Å². The molecule has 5 heteroatoms. The zero-order valence-corrected chi connectivity index (χ0v) is 10.2. The van der Waals surface area contributed by atoms with Crippen LogP contribution in [-0.4, -0.2) is 18.1 Å². The highest BCUT2D eigenvalue weighted by atomic mass is 16.5. The predicted molar refractivity (Wildman–Crippen MR) is 61.8 cm³/mol. The molecule has 0 saturated carbocycles. The van der Waals surface area contributed by atoms with E-state index in [9.17, 15) is 9.59 Å². The molecule has 0 spiro atoms. The fourth-order valence-corrected chi connectivity index (χ4v) is 1.35. The molecule has 0 aliphatic heterocycles. The Morgan fingerprint density at radius 2 is 2.06 bits per heavy atom. The minimum atomic E-state index is -0.682. The van der Waals surface area contributed by atoms with Crippen molar-refractivity contribution in [3.05, 3.63) is 33.2 Å². The number of hydrogen-bond acceptors (Lipinski definition) is 4. The van der Waals surface area contributed by atoms with E-state index in [-0.39, 0.29) is 16.5 Å². The van der Waals surface area contributed by atoms with Crippen LogP contribution in [0.1, 0.15) is 42.4 Å². The average Bonchev–Trinajstić information content (AvgIpc) is 2.25. The molecule has 1 aromatic heterocycles. The Kier molecular flexibility index (Phi) is 3.37. The van der Waals surface area contributed by atoms with Gasteiger partial charge in [0, 0.05) is 11.1 Å². The fourth-order valence-electron chi connectivity index (χ4n) is 1.35. The van der Waals surface area contributed by atoms with Gasteiger partial charge in [0.05, 0.1) is 12.7 Å². The van der Waals surface area contributed by atoms with Gasteiger partial charge in [0.1, 0.15) is 11.6 Å². The summed E-state index contributed by atoms with van der Waals surface area (Å²) in [6.45, 7) is 5.68. The number of H-pyrrole nitrogens is 1. The lowest BCUT2D eigenvalue weighted by molar-refractivity contribution is 0.0600. The Morgan fingerprint density at radius 3 is 2.47 bits per heavy atom. The molecule has 1 N–H and O–H groups in total. The van der Waals surface area contributed by atoms with Gasteiger partial charge in [-0.15, -0.1) is 0 Å². The van der Waals surface area contributed by atoms with Crippen molar-refractivity contribution in [1.29, 1.82) is 5.26 Å². The van der Waals surface area contributed by atoms with E-state index in [0.29, 0.717) is 5.69 Å². The highest BCUT2D eigenvalue weighted by Gasteiger charge is 2.22. The number of methoxy groups -OCH3 is 1. The number of aromatic amines is 1. The summed E-state index contributed by atoms with van der Waals surface area (Å²) in [5, 5.41) is 8.86. The zero-order valence-electron chi connectivity index (χ0n) is 10.2. The first-order chi connectivity index (χ1) is 7.81. The summed E-state index contributed by atoms with van der Waals surface area (Å²) in [5.74, 6) is -0.682. The van der Waals surface area contributed by atoms with Crippen LogP contribution in [0.3, 0.4) is 0 Å². The number of esters is 1. The van der Waals surface area contributed by atoms with Gasteiger partial charge in [-0.1, -0.05) is 20.8 Å². The first-order valence-electron chi connectivity index (χ1n) is 5.07. The number of rotatable bonds is 1. The smallest absolute Gasteiger partial charge is 0.339 e. The van der Waals surface area contributed by atoms with Crippen molar-refractivity contribution >= 4 is 5.97 Å². The molecule has 90 valence electrons. The van der Waals surface area contributed by atoms with Crippen LogP contribution >= 0.6 is 0 Å². The molecule has 0 aliphatic carbocycles. The summed E-state index contributed by atoms with van der Waals surface area (Å²) in [5.41, 5.74) is -0.522. The van der Waals surface area contributed by atoms with Gasteiger partial charge in [-0.3, -0.25) is 4.79 Å². The highest BCUT2D eigenvalue weighted by molar-refractivity contribution is 5.92. The molecule has 0 fully saturated rings. The fraction of sp³-hybridized carbons (Fsp3) is 0.417. The lowest BCUT2D eigenvalue weighted by Crippen LogP contribution is -2.24. The normalized spacial score (nSPS) is 10.8. The molecule has 0 aromatic carbocycles. The summed E-state index contributed by atoms with van der Waals surface area (Å²) in [6.07, 6.45) is 0. The first kappa shape index (κ1) is 13.0. The van der Waals surface area contributed by atoms with Crippen molar-refractivity contribution in [3.8, 4) is 6.07 Å². The molecule has 0 aliphatic rings. The Hall–Kier alpha value is -2.09. The van der Waals surface area contributed by atoms with Gasteiger partial charge in [0.2, 0.25) is 0 Å². The van der Waals surface area contributed by atoms with Crippen molar-refractivity contribution < 1.29 is 9.53 Å². The molecule has 1 rings (SSSR count). The number of pyridine rings is 1. The molecule has 0 radical (unpaired) electrons. The SMILES string of the molecule is COC(=O)c1cc(C(C)(C)C)[nH]c(=O)c1C#N. The number of carbonyl (C=O) groups is 1. The summed E-state index contributed by atoms with van der Waals surface area (Å²) in [6, 6.07) is 3.21. The summed E-state index contributed by atoms with van der Waals surface area (Å²) < 4.78 is 4.56. The second-order valence-corrected chi connectivity index (χ2v) is 4.65. The maximum atomic E-state index is 11.7. The highest BCUT2D eigenvalue weighted by Crippen LogP contribution is 2.20. The van der Waals surface area contributed by atoms with Crippen molar-refractivity contribution in [1.82, 2.24) is 4.98 Å². The third kappa shape index (κ3) is 2.53. The molecule has 0 saturated heterocycles. The summed E-state index contributed by atoms with van der Waals surface area (Å²) in [7, 11) is 1.21. The van der Waals surface area contributed by atoms with E-state index in [0.717, 1.165) is 0 Å². The van der Waals surface area contributed by atoms with Gasteiger partial charge in [-0.05, 0) is 6.07 Å². The van der Waals surface area contributed by atoms with Gasteiger partial charge in [-0.2, -0.15) is 5.26 Å². The van der Waals surface area contributed by atoms with Crippen LogP contribution in [0.2, 0.25) is 0 Å². The largest absolute Gasteiger partial charge is 0.465 e.